The Balaban J connectivity index is 1.41. The van der Waals surface area contributed by atoms with Crippen LogP contribution in [0.4, 0.5) is 5.69 Å². The maximum Gasteiger partial charge on any atom is 0.191 e. The van der Waals surface area contributed by atoms with Gasteiger partial charge in [0.1, 0.15) is 0 Å². The summed E-state index contributed by atoms with van der Waals surface area (Å²) in [6.07, 6.45) is 4.15. The molecule has 4 unspecified atom stereocenters. The van der Waals surface area contributed by atoms with Gasteiger partial charge in [-0.1, -0.05) is 26.0 Å². The second-order valence-electron chi connectivity index (χ2n) is 8.91. The van der Waals surface area contributed by atoms with E-state index in [2.05, 4.69) is 65.6 Å². The quantitative estimate of drug-likeness (QED) is 0.630. The van der Waals surface area contributed by atoms with Gasteiger partial charge in [-0.05, 0) is 43.9 Å². The van der Waals surface area contributed by atoms with E-state index in [1.165, 1.54) is 37.2 Å². The summed E-state index contributed by atoms with van der Waals surface area (Å²) in [7, 11) is 1.86. The molecule has 3 aliphatic rings. The predicted molar refractivity (Wildman–Crippen MR) is 111 cm³/mol. The van der Waals surface area contributed by atoms with Crippen LogP contribution in [0.1, 0.15) is 51.6 Å². The third-order valence-electron chi connectivity index (χ3n) is 6.81. The first kappa shape index (κ1) is 18.6. The van der Waals surface area contributed by atoms with Crippen LogP contribution in [0.2, 0.25) is 0 Å². The highest BCUT2D eigenvalue weighted by molar-refractivity contribution is 5.80. The summed E-state index contributed by atoms with van der Waals surface area (Å²) in [6.45, 7) is 10.1. The minimum Gasteiger partial charge on any atom is -0.377 e. The second kappa shape index (κ2) is 7.34. The van der Waals surface area contributed by atoms with E-state index < -0.39 is 0 Å². The summed E-state index contributed by atoms with van der Waals surface area (Å²) in [4.78, 5) is 6.98. The smallest absolute Gasteiger partial charge is 0.191 e. The molecule has 2 N–H and O–H groups in total. The lowest BCUT2D eigenvalue weighted by Crippen LogP contribution is -2.68. The van der Waals surface area contributed by atoms with Crippen LogP contribution in [0.5, 0.6) is 0 Å². The van der Waals surface area contributed by atoms with Gasteiger partial charge in [-0.3, -0.25) is 4.99 Å². The van der Waals surface area contributed by atoms with E-state index in [-0.39, 0.29) is 11.5 Å². The largest absolute Gasteiger partial charge is 0.377 e. The molecule has 1 aliphatic carbocycles. The molecule has 2 aliphatic heterocycles. The van der Waals surface area contributed by atoms with Crippen LogP contribution in [-0.2, 0) is 4.74 Å². The summed E-state index contributed by atoms with van der Waals surface area (Å²) < 4.78 is 5.92. The standard InChI is InChI=1S/C22H34N4O/c1-15(16-8-7-9-17(14-16)26-11-5-6-12-26)24-21(23-4)25-19-18-10-13-27-20(18)22(19,2)3/h7-9,14-15,18-20H,5-6,10-13H2,1-4H3,(H2,23,24,25). The van der Waals surface area contributed by atoms with Crippen LogP contribution in [0.3, 0.4) is 0 Å². The van der Waals surface area contributed by atoms with Crippen molar-refractivity contribution in [3.05, 3.63) is 29.8 Å². The van der Waals surface area contributed by atoms with Crippen molar-refractivity contribution in [2.75, 3.05) is 31.6 Å². The van der Waals surface area contributed by atoms with Crippen molar-refractivity contribution in [3.8, 4) is 0 Å². The fraction of sp³-hybridized carbons (Fsp3) is 0.682. The number of hydrogen-bond donors (Lipinski definition) is 2. The summed E-state index contributed by atoms with van der Waals surface area (Å²) in [6, 6.07) is 9.55. The van der Waals surface area contributed by atoms with Crippen LogP contribution < -0.4 is 15.5 Å². The minimum absolute atomic E-state index is 0.150. The van der Waals surface area contributed by atoms with Gasteiger partial charge < -0.3 is 20.3 Å². The van der Waals surface area contributed by atoms with Crippen molar-refractivity contribution in [1.82, 2.24) is 10.6 Å². The molecule has 0 amide bonds. The molecule has 5 nitrogen and oxygen atoms in total. The number of hydrogen-bond acceptors (Lipinski definition) is 3. The Labute approximate surface area is 163 Å². The highest BCUT2D eigenvalue weighted by Gasteiger charge is 2.59. The van der Waals surface area contributed by atoms with Gasteiger partial charge in [-0.25, -0.2) is 0 Å². The van der Waals surface area contributed by atoms with Crippen molar-refractivity contribution in [2.45, 2.75) is 58.2 Å². The Morgan fingerprint density at radius 2 is 2.07 bits per heavy atom. The number of ether oxygens (including phenoxy) is 1. The first-order valence-corrected chi connectivity index (χ1v) is 10.5. The van der Waals surface area contributed by atoms with Gasteiger partial charge in [0.25, 0.3) is 0 Å². The van der Waals surface area contributed by atoms with E-state index in [1.54, 1.807) is 0 Å². The summed E-state index contributed by atoms with van der Waals surface area (Å²) >= 11 is 0. The van der Waals surface area contributed by atoms with E-state index in [0.29, 0.717) is 18.1 Å². The number of benzene rings is 1. The topological polar surface area (TPSA) is 48.9 Å². The Bertz CT molecular complexity index is 695. The molecule has 2 saturated heterocycles. The minimum atomic E-state index is 0.150. The van der Waals surface area contributed by atoms with Crippen molar-refractivity contribution < 1.29 is 4.74 Å². The van der Waals surface area contributed by atoms with E-state index in [0.717, 1.165) is 19.0 Å². The molecule has 1 aromatic rings. The third kappa shape index (κ3) is 3.42. The SMILES string of the molecule is CN=C(NC(C)c1cccc(N2CCCC2)c1)NC1C2CCOC2C1(C)C. The molecule has 1 saturated carbocycles. The maximum absolute atomic E-state index is 5.92. The Morgan fingerprint density at radius 3 is 2.81 bits per heavy atom. The van der Waals surface area contributed by atoms with Crippen LogP contribution in [0.15, 0.2) is 29.3 Å². The molecular weight excluding hydrogens is 336 g/mol. The molecule has 0 radical (unpaired) electrons. The van der Waals surface area contributed by atoms with E-state index in [4.69, 9.17) is 4.74 Å². The third-order valence-corrected chi connectivity index (χ3v) is 6.81. The molecule has 0 aromatic heterocycles. The first-order valence-electron chi connectivity index (χ1n) is 10.5. The zero-order chi connectivity index (χ0) is 19.0. The average molecular weight is 371 g/mol. The Morgan fingerprint density at radius 1 is 1.30 bits per heavy atom. The molecule has 0 spiro atoms. The number of rotatable bonds is 4. The second-order valence-corrected chi connectivity index (χ2v) is 8.91. The van der Waals surface area contributed by atoms with Gasteiger partial charge in [0.15, 0.2) is 5.96 Å². The van der Waals surface area contributed by atoms with Crippen molar-refractivity contribution in [1.29, 1.82) is 0 Å². The molecule has 4 rings (SSSR count). The highest BCUT2D eigenvalue weighted by atomic mass is 16.5. The van der Waals surface area contributed by atoms with E-state index >= 15 is 0 Å². The van der Waals surface area contributed by atoms with Crippen LogP contribution in [-0.4, -0.2) is 44.8 Å². The molecule has 2 heterocycles. The van der Waals surface area contributed by atoms with Gasteiger partial charge in [-0.15, -0.1) is 0 Å². The van der Waals surface area contributed by atoms with Gasteiger partial charge >= 0.3 is 0 Å². The molecule has 3 fully saturated rings. The monoisotopic (exact) mass is 370 g/mol. The molecule has 4 atom stereocenters. The molecular formula is C22H34N4O. The predicted octanol–water partition coefficient (Wildman–Crippen LogP) is 3.33. The fourth-order valence-corrected chi connectivity index (χ4v) is 5.19. The Kier molecular flexibility index (Phi) is 5.06. The summed E-state index contributed by atoms with van der Waals surface area (Å²) in [5.74, 6) is 1.49. The number of fused-ring (bicyclic) bond motifs is 1. The maximum atomic E-state index is 5.92. The highest BCUT2D eigenvalue weighted by Crippen LogP contribution is 2.52. The molecule has 5 heteroatoms. The van der Waals surface area contributed by atoms with Crippen LogP contribution >= 0.6 is 0 Å². The van der Waals surface area contributed by atoms with Gasteiger partial charge in [-0.2, -0.15) is 0 Å². The van der Waals surface area contributed by atoms with Gasteiger partial charge in [0, 0.05) is 49.8 Å². The first-order chi connectivity index (χ1) is 13.0. The normalized spacial score (nSPS) is 30.6. The number of aliphatic imine (C=N–C) groups is 1. The fourth-order valence-electron chi connectivity index (χ4n) is 5.19. The average Bonchev–Trinajstić information content (AvgIpc) is 3.35. The molecule has 0 bridgehead atoms. The van der Waals surface area contributed by atoms with Crippen LogP contribution in [0.25, 0.3) is 0 Å². The summed E-state index contributed by atoms with van der Waals surface area (Å²) in [5.41, 5.74) is 2.79. The Hall–Kier alpha value is -1.75. The lowest BCUT2D eigenvalue weighted by Gasteiger charge is -2.55. The zero-order valence-corrected chi connectivity index (χ0v) is 17.2. The number of nitrogens with one attached hydrogen (secondary N) is 2. The lowest BCUT2D eigenvalue weighted by atomic mass is 9.57. The molecule has 1 aromatic carbocycles. The van der Waals surface area contributed by atoms with Crippen molar-refractivity contribution in [2.24, 2.45) is 16.3 Å². The number of nitrogens with zero attached hydrogens (tertiary/aromatic N) is 2. The zero-order valence-electron chi connectivity index (χ0n) is 17.2. The molecule has 27 heavy (non-hydrogen) atoms. The molecule has 148 valence electrons. The van der Waals surface area contributed by atoms with Gasteiger partial charge in [0.2, 0.25) is 0 Å². The van der Waals surface area contributed by atoms with Crippen molar-refractivity contribution >= 4 is 11.6 Å². The van der Waals surface area contributed by atoms with Crippen molar-refractivity contribution in [3.63, 3.8) is 0 Å². The summed E-state index contributed by atoms with van der Waals surface area (Å²) in [5, 5.41) is 7.28. The number of guanidine groups is 1. The van der Waals surface area contributed by atoms with Crippen LogP contribution in [0, 0.1) is 11.3 Å². The number of anilines is 1. The lowest BCUT2D eigenvalue weighted by molar-refractivity contribution is -0.106. The van der Waals surface area contributed by atoms with E-state index in [9.17, 15) is 0 Å². The van der Waals surface area contributed by atoms with Gasteiger partial charge in [0.05, 0.1) is 12.1 Å². The van der Waals surface area contributed by atoms with E-state index in [1.807, 2.05) is 7.05 Å².